The number of fused-ring (bicyclic) bond motifs is 1. The summed E-state index contributed by atoms with van der Waals surface area (Å²) in [6.45, 7) is 17.1. The van der Waals surface area contributed by atoms with Crippen LogP contribution in [0.1, 0.15) is 93.7 Å². The summed E-state index contributed by atoms with van der Waals surface area (Å²) in [5.41, 5.74) is 10.5. The van der Waals surface area contributed by atoms with Crippen molar-refractivity contribution < 1.29 is 24.1 Å². The third kappa shape index (κ3) is 5.57. The third-order valence-electron chi connectivity index (χ3n) is 11.8. The Morgan fingerprint density at radius 1 is 0.714 bits per heavy atom. The Morgan fingerprint density at radius 2 is 1.35 bits per heavy atom. The fraction of sp³-hybridized carbons (Fsp3) is 0.364. The van der Waals surface area contributed by atoms with Gasteiger partial charge in [-0.25, -0.2) is 0 Å². The highest BCUT2D eigenvalue weighted by Crippen LogP contribution is 2.68. The molecule has 1 aliphatic carbocycles. The lowest BCUT2D eigenvalue weighted by Gasteiger charge is -2.45. The molecule has 7 unspecified atom stereocenters. The highest BCUT2D eigenvalue weighted by Gasteiger charge is 2.60. The van der Waals surface area contributed by atoms with E-state index in [9.17, 15) is 5.11 Å². The summed E-state index contributed by atoms with van der Waals surface area (Å²) >= 11 is 0. The van der Waals surface area contributed by atoms with Crippen LogP contribution in [-0.4, -0.2) is 19.3 Å². The van der Waals surface area contributed by atoms with Crippen LogP contribution in [-0.2, 0) is 9.47 Å². The molecule has 3 fully saturated rings. The third-order valence-corrected chi connectivity index (χ3v) is 11.8. The normalized spacial score (nSPS) is 27.7. The second kappa shape index (κ2) is 12.9. The van der Waals surface area contributed by atoms with Crippen molar-refractivity contribution in [3.8, 4) is 17.2 Å². The summed E-state index contributed by atoms with van der Waals surface area (Å²) in [6.07, 6.45) is 3.73. The standard InChI is InChI=1S/C44H48O5/c1-9-30-16-17-32(23-39(30)47-8)40-29(6)44(43(49-40)34-15-11-26(3)37(45)21-34)19-18-35-36(24-44)42(31-13-10-25(2)28(5)20-31)48-41(35)33-14-12-27(4)38(22-33)46-7/h9-17,20-23,35-36,40-43,45H,1,6,18-19,24H2,2-5,7-8H3. The second-order valence-corrected chi connectivity index (χ2v) is 14.4. The van der Waals surface area contributed by atoms with Crippen LogP contribution in [0.3, 0.4) is 0 Å². The number of aryl methyl sites for hydroxylation is 4. The smallest absolute Gasteiger partial charge is 0.126 e. The van der Waals surface area contributed by atoms with Crippen LogP contribution in [0.15, 0.2) is 91.5 Å². The summed E-state index contributed by atoms with van der Waals surface area (Å²) in [6, 6.07) is 25.5. The zero-order valence-corrected chi connectivity index (χ0v) is 29.6. The van der Waals surface area contributed by atoms with E-state index in [2.05, 4.69) is 81.9 Å². The van der Waals surface area contributed by atoms with Gasteiger partial charge in [0.15, 0.2) is 0 Å². The minimum Gasteiger partial charge on any atom is -0.508 e. The molecular weight excluding hydrogens is 608 g/mol. The highest BCUT2D eigenvalue weighted by atomic mass is 16.5. The van der Waals surface area contributed by atoms with Gasteiger partial charge in [-0.15, -0.1) is 0 Å². The number of hydrogen-bond acceptors (Lipinski definition) is 5. The molecule has 3 aliphatic rings. The van der Waals surface area contributed by atoms with E-state index in [1.807, 2.05) is 25.1 Å². The van der Waals surface area contributed by atoms with E-state index >= 15 is 0 Å². The highest BCUT2D eigenvalue weighted by molar-refractivity contribution is 5.57. The van der Waals surface area contributed by atoms with Crippen LogP contribution in [0.2, 0.25) is 0 Å². The number of phenols is 1. The van der Waals surface area contributed by atoms with Crippen molar-refractivity contribution >= 4 is 6.08 Å². The van der Waals surface area contributed by atoms with Crippen LogP contribution in [0.25, 0.3) is 6.08 Å². The van der Waals surface area contributed by atoms with Crippen LogP contribution in [0, 0.1) is 44.9 Å². The molecule has 49 heavy (non-hydrogen) atoms. The molecule has 7 atom stereocenters. The Balaban J connectivity index is 1.34. The van der Waals surface area contributed by atoms with Gasteiger partial charge in [-0.3, -0.25) is 0 Å². The first kappa shape index (κ1) is 33.2. The van der Waals surface area contributed by atoms with E-state index in [0.717, 1.165) is 69.7 Å². The number of ether oxygens (including phenoxy) is 4. The van der Waals surface area contributed by atoms with Gasteiger partial charge in [0.2, 0.25) is 0 Å². The van der Waals surface area contributed by atoms with Gasteiger partial charge < -0.3 is 24.1 Å². The molecular formula is C44H48O5. The molecule has 1 N–H and O–H groups in total. The van der Waals surface area contributed by atoms with E-state index < -0.39 is 0 Å². The van der Waals surface area contributed by atoms with Crippen molar-refractivity contribution in [2.75, 3.05) is 14.2 Å². The van der Waals surface area contributed by atoms with Gasteiger partial charge in [0.25, 0.3) is 0 Å². The summed E-state index contributed by atoms with van der Waals surface area (Å²) < 4.78 is 25.8. The summed E-state index contributed by atoms with van der Waals surface area (Å²) in [7, 11) is 3.42. The Morgan fingerprint density at radius 3 is 2.04 bits per heavy atom. The van der Waals surface area contributed by atoms with Crippen molar-refractivity contribution in [2.24, 2.45) is 17.3 Å². The number of hydrogen-bond donors (Lipinski definition) is 1. The van der Waals surface area contributed by atoms with Crippen LogP contribution >= 0.6 is 0 Å². The number of benzene rings is 4. The van der Waals surface area contributed by atoms with Gasteiger partial charge in [0.05, 0.1) is 32.5 Å². The summed E-state index contributed by atoms with van der Waals surface area (Å²) in [4.78, 5) is 0. The maximum Gasteiger partial charge on any atom is 0.126 e. The molecule has 1 spiro atoms. The number of phenolic OH excluding ortho intramolecular Hbond substituents is 1. The monoisotopic (exact) mass is 656 g/mol. The predicted octanol–water partition coefficient (Wildman–Crippen LogP) is 10.6. The van der Waals surface area contributed by atoms with Crippen molar-refractivity contribution in [1.29, 1.82) is 0 Å². The van der Waals surface area contributed by atoms with E-state index in [0.29, 0.717) is 5.92 Å². The predicted molar refractivity (Wildman–Crippen MR) is 195 cm³/mol. The van der Waals surface area contributed by atoms with Gasteiger partial charge >= 0.3 is 0 Å². The van der Waals surface area contributed by atoms with Gasteiger partial charge in [-0.05, 0) is 127 Å². The molecule has 7 rings (SSSR count). The molecule has 2 saturated heterocycles. The molecule has 1 saturated carbocycles. The topological polar surface area (TPSA) is 57.2 Å². The van der Waals surface area contributed by atoms with Gasteiger partial charge in [-0.1, -0.05) is 73.8 Å². The second-order valence-electron chi connectivity index (χ2n) is 14.4. The molecule has 254 valence electrons. The first-order chi connectivity index (χ1) is 23.6. The molecule has 5 nitrogen and oxygen atoms in total. The van der Waals surface area contributed by atoms with E-state index in [1.165, 1.54) is 16.7 Å². The van der Waals surface area contributed by atoms with Gasteiger partial charge in [0.1, 0.15) is 23.4 Å². The Bertz CT molecular complexity index is 1920. The fourth-order valence-electron chi connectivity index (χ4n) is 8.82. The SMILES string of the molecule is C=Cc1ccc(C2OC(c3ccc(C)c(O)c3)C3(CCC4C(c5ccc(C)c(OC)c5)OC(c5ccc(C)c(C)c5)C4C3)C2=C)cc1OC. The Labute approximate surface area is 291 Å². The zero-order valence-electron chi connectivity index (χ0n) is 29.6. The lowest BCUT2D eigenvalue weighted by atomic mass is 9.57. The lowest BCUT2D eigenvalue weighted by molar-refractivity contribution is -0.0212. The summed E-state index contributed by atoms with van der Waals surface area (Å²) in [5, 5.41) is 10.9. The van der Waals surface area contributed by atoms with Crippen molar-refractivity contribution in [3.63, 3.8) is 0 Å². The van der Waals surface area contributed by atoms with E-state index in [-0.39, 0.29) is 41.5 Å². The van der Waals surface area contributed by atoms with E-state index in [4.69, 9.17) is 25.5 Å². The average molecular weight is 657 g/mol. The molecule has 0 bridgehead atoms. The minimum atomic E-state index is -0.376. The fourth-order valence-corrected chi connectivity index (χ4v) is 8.82. The van der Waals surface area contributed by atoms with E-state index in [1.54, 1.807) is 20.3 Å². The quantitative estimate of drug-likeness (QED) is 0.201. The van der Waals surface area contributed by atoms with Gasteiger partial charge in [-0.2, -0.15) is 0 Å². The molecule has 0 radical (unpaired) electrons. The summed E-state index contributed by atoms with van der Waals surface area (Å²) in [5.74, 6) is 2.44. The number of rotatable bonds is 7. The first-order valence-electron chi connectivity index (χ1n) is 17.4. The minimum absolute atomic E-state index is 0.0626. The molecule has 5 heteroatoms. The van der Waals surface area contributed by atoms with Gasteiger partial charge in [0, 0.05) is 11.0 Å². The Kier molecular flexibility index (Phi) is 8.71. The number of methoxy groups -OCH3 is 2. The number of aromatic hydroxyl groups is 1. The van der Waals surface area contributed by atoms with Crippen LogP contribution < -0.4 is 9.47 Å². The molecule has 2 heterocycles. The Hall–Kier alpha value is -4.32. The molecule has 2 aliphatic heterocycles. The molecule has 0 amide bonds. The maximum absolute atomic E-state index is 10.9. The van der Waals surface area contributed by atoms with Crippen molar-refractivity contribution in [3.05, 3.63) is 142 Å². The average Bonchev–Trinajstić information content (AvgIpc) is 3.62. The van der Waals surface area contributed by atoms with Crippen molar-refractivity contribution in [2.45, 2.75) is 71.4 Å². The zero-order chi connectivity index (χ0) is 34.6. The van der Waals surface area contributed by atoms with Crippen LogP contribution in [0.5, 0.6) is 17.2 Å². The largest absolute Gasteiger partial charge is 0.508 e. The molecule has 4 aromatic carbocycles. The molecule has 4 aromatic rings. The lowest BCUT2D eigenvalue weighted by Crippen LogP contribution is -2.37. The maximum atomic E-state index is 10.9. The van der Waals surface area contributed by atoms with Crippen LogP contribution in [0.4, 0.5) is 0 Å². The first-order valence-corrected chi connectivity index (χ1v) is 17.4. The molecule has 0 aromatic heterocycles. The van der Waals surface area contributed by atoms with Crippen molar-refractivity contribution in [1.82, 2.24) is 0 Å².